The predicted octanol–water partition coefficient (Wildman–Crippen LogP) is 1.13. The van der Waals surface area contributed by atoms with E-state index in [1.54, 1.807) is 22.8 Å². The summed E-state index contributed by atoms with van der Waals surface area (Å²) in [6.45, 7) is 2.07. The number of rotatable bonds is 5. The quantitative estimate of drug-likeness (QED) is 0.665. The number of carbonyl (C=O) groups excluding carboxylic acids is 2. The minimum Gasteiger partial charge on any atom is -0.379 e. The van der Waals surface area contributed by atoms with E-state index in [9.17, 15) is 18.0 Å². The molecule has 1 N–H and O–H groups in total. The molecule has 4 rings (SSSR count). The fourth-order valence-corrected chi connectivity index (χ4v) is 5.60. The minimum atomic E-state index is -3.74. The number of carbonyl (C=O) groups is 2. The Balaban J connectivity index is 1.41. The number of nitrogens with one attached hydrogen (secondary N) is 1. The van der Waals surface area contributed by atoms with Crippen LogP contribution < -0.4 is 5.32 Å². The van der Waals surface area contributed by atoms with E-state index in [-0.39, 0.29) is 46.4 Å². The largest absolute Gasteiger partial charge is 0.379 e. The number of piperidine rings is 1. The molecule has 2 aliphatic rings. The highest BCUT2D eigenvalue weighted by molar-refractivity contribution is 7.89. The van der Waals surface area contributed by atoms with Gasteiger partial charge in [0.05, 0.1) is 40.5 Å². The van der Waals surface area contributed by atoms with Crippen molar-refractivity contribution >= 4 is 33.4 Å². The molecule has 10 nitrogen and oxygen atoms in total. The highest BCUT2D eigenvalue weighted by Crippen LogP contribution is 2.26. The van der Waals surface area contributed by atoms with Crippen LogP contribution >= 0.6 is 11.6 Å². The molecule has 0 spiro atoms. The first kappa shape index (κ1) is 23.7. The maximum atomic E-state index is 13.1. The molecular weight excluding hydrogens is 470 g/mol. The molecule has 0 bridgehead atoms. The number of ether oxygens (including phenoxy) is 1. The van der Waals surface area contributed by atoms with Gasteiger partial charge in [-0.3, -0.25) is 14.3 Å². The molecule has 2 fully saturated rings. The molecule has 0 saturated carbocycles. The van der Waals surface area contributed by atoms with E-state index < -0.39 is 10.0 Å². The second-order valence-electron chi connectivity index (χ2n) is 8.10. The maximum Gasteiger partial charge on any atom is 0.255 e. The van der Waals surface area contributed by atoms with Gasteiger partial charge >= 0.3 is 0 Å². The molecule has 33 heavy (non-hydrogen) atoms. The molecule has 0 aliphatic carbocycles. The van der Waals surface area contributed by atoms with Gasteiger partial charge in [-0.1, -0.05) is 11.6 Å². The van der Waals surface area contributed by atoms with Gasteiger partial charge in [0.1, 0.15) is 0 Å². The number of nitrogens with zero attached hydrogens (tertiary/aromatic N) is 4. The lowest BCUT2D eigenvalue weighted by molar-refractivity contribution is 0.0697. The van der Waals surface area contributed by atoms with Crippen molar-refractivity contribution in [2.24, 2.45) is 7.05 Å². The lowest BCUT2D eigenvalue weighted by Gasteiger charge is -2.32. The van der Waals surface area contributed by atoms with Crippen LogP contribution in [0.1, 0.15) is 33.6 Å². The average molecular weight is 496 g/mol. The van der Waals surface area contributed by atoms with Crippen molar-refractivity contribution in [2.75, 3.05) is 39.4 Å². The number of amides is 2. The zero-order valence-corrected chi connectivity index (χ0v) is 19.8. The number of aromatic nitrogens is 2. The maximum absolute atomic E-state index is 13.1. The number of benzene rings is 1. The monoisotopic (exact) mass is 495 g/mol. The fourth-order valence-electron chi connectivity index (χ4n) is 3.97. The van der Waals surface area contributed by atoms with Gasteiger partial charge in [-0.05, 0) is 31.0 Å². The average Bonchev–Trinajstić information content (AvgIpc) is 3.26. The van der Waals surface area contributed by atoms with Gasteiger partial charge in [0.2, 0.25) is 10.0 Å². The molecule has 2 saturated heterocycles. The van der Waals surface area contributed by atoms with Crippen LogP contribution in [0.2, 0.25) is 5.02 Å². The Hall–Kier alpha value is -2.47. The van der Waals surface area contributed by atoms with E-state index in [0.29, 0.717) is 44.7 Å². The second-order valence-corrected chi connectivity index (χ2v) is 10.4. The van der Waals surface area contributed by atoms with Gasteiger partial charge in [0, 0.05) is 45.5 Å². The summed E-state index contributed by atoms with van der Waals surface area (Å²) in [6.07, 6.45) is 4.32. The lowest BCUT2D eigenvalue weighted by Crippen LogP contribution is -2.46. The normalized spacial score (nSPS) is 18.3. The van der Waals surface area contributed by atoms with Gasteiger partial charge in [-0.25, -0.2) is 8.42 Å². The smallest absolute Gasteiger partial charge is 0.255 e. The van der Waals surface area contributed by atoms with Gasteiger partial charge in [-0.2, -0.15) is 9.40 Å². The number of morpholine rings is 1. The molecule has 3 heterocycles. The molecule has 2 amide bonds. The SMILES string of the molecule is Cn1cc(C(=O)NC2CCN(C(=O)c3cc(S(=O)(=O)N4CCOCC4)ccc3Cl)CC2)cn1. The number of aryl methyl sites for hydroxylation is 1. The number of hydrogen-bond acceptors (Lipinski definition) is 6. The molecular formula is C21H26ClN5O5S. The summed E-state index contributed by atoms with van der Waals surface area (Å²) in [4.78, 5) is 27.2. The van der Waals surface area contributed by atoms with Crippen molar-refractivity contribution in [2.45, 2.75) is 23.8 Å². The highest BCUT2D eigenvalue weighted by Gasteiger charge is 2.30. The van der Waals surface area contributed by atoms with Crippen LogP contribution in [0, 0.1) is 0 Å². The molecule has 2 aromatic rings. The molecule has 0 unspecified atom stereocenters. The Morgan fingerprint density at radius 3 is 2.48 bits per heavy atom. The Morgan fingerprint density at radius 1 is 1.15 bits per heavy atom. The van der Waals surface area contributed by atoms with E-state index >= 15 is 0 Å². The van der Waals surface area contributed by atoms with E-state index in [1.807, 2.05) is 0 Å². The van der Waals surface area contributed by atoms with Crippen molar-refractivity contribution in [3.63, 3.8) is 0 Å². The first-order chi connectivity index (χ1) is 15.8. The van der Waals surface area contributed by atoms with Crippen molar-refractivity contribution in [1.29, 1.82) is 0 Å². The van der Waals surface area contributed by atoms with E-state index in [2.05, 4.69) is 10.4 Å². The van der Waals surface area contributed by atoms with Crippen LogP contribution in [0.4, 0.5) is 0 Å². The van der Waals surface area contributed by atoms with Crippen LogP contribution in [-0.4, -0.2) is 84.7 Å². The van der Waals surface area contributed by atoms with Crippen molar-refractivity contribution in [3.05, 3.63) is 46.7 Å². The van der Waals surface area contributed by atoms with Crippen molar-refractivity contribution in [3.8, 4) is 0 Å². The first-order valence-electron chi connectivity index (χ1n) is 10.7. The van der Waals surface area contributed by atoms with Crippen molar-refractivity contribution < 1.29 is 22.7 Å². The lowest BCUT2D eigenvalue weighted by atomic mass is 10.0. The molecule has 1 aromatic carbocycles. The molecule has 178 valence electrons. The third-order valence-corrected chi connectivity index (χ3v) is 8.08. The summed E-state index contributed by atoms with van der Waals surface area (Å²) < 4.78 is 34.1. The van der Waals surface area contributed by atoms with Crippen molar-refractivity contribution in [1.82, 2.24) is 24.3 Å². The van der Waals surface area contributed by atoms with Crippen LogP contribution in [-0.2, 0) is 21.8 Å². The number of hydrogen-bond donors (Lipinski definition) is 1. The summed E-state index contributed by atoms with van der Waals surface area (Å²) >= 11 is 6.27. The number of likely N-dealkylation sites (tertiary alicyclic amines) is 1. The minimum absolute atomic E-state index is 0.0377. The Labute approximate surface area is 197 Å². The summed E-state index contributed by atoms with van der Waals surface area (Å²) in [5.74, 6) is -0.520. The molecule has 0 atom stereocenters. The second kappa shape index (κ2) is 9.80. The van der Waals surface area contributed by atoms with Gasteiger partial charge in [0.25, 0.3) is 11.8 Å². The third kappa shape index (κ3) is 5.21. The molecule has 2 aliphatic heterocycles. The van der Waals surface area contributed by atoms with Gasteiger partial charge in [0.15, 0.2) is 0 Å². The summed E-state index contributed by atoms with van der Waals surface area (Å²) in [6, 6.07) is 4.16. The Morgan fingerprint density at radius 2 is 1.85 bits per heavy atom. The fraction of sp³-hybridized carbons (Fsp3) is 0.476. The molecule has 0 radical (unpaired) electrons. The summed E-state index contributed by atoms with van der Waals surface area (Å²) in [5.41, 5.74) is 0.643. The van der Waals surface area contributed by atoms with Crippen LogP contribution in [0.15, 0.2) is 35.5 Å². The van der Waals surface area contributed by atoms with E-state index in [0.717, 1.165) is 0 Å². The highest BCUT2D eigenvalue weighted by atomic mass is 35.5. The van der Waals surface area contributed by atoms with E-state index in [1.165, 1.54) is 28.7 Å². The molecule has 12 heteroatoms. The van der Waals surface area contributed by atoms with Crippen LogP contribution in [0.5, 0.6) is 0 Å². The number of halogens is 1. The summed E-state index contributed by atoms with van der Waals surface area (Å²) in [7, 11) is -2.00. The number of sulfonamides is 1. The molecule has 1 aromatic heterocycles. The third-order valence-electron chi connectivity index (χ3n) is 5.86. The first-order valence-corrected chi connectivity index (χ1v) is 12.5. The Kier molecular flexibility index (Phi) is 7.03. The predicted molar refractivity (Wildman–Crippen MR) is 121 cm³/mol. The summed E-state index contributed by atoms with van der Waals surface area (Å²) in [5, 5.41) is 7.18. The van der Waals surface area contributed by atoms with E-state index in [4.69, 9.17) is 16.3 Å². The standard InChI is InChI=1S/C21H26ClN5O5S/c1-25-14-15(13-23-25)20(28)24-16-4-6-26(7-5-16)21(29)18-12-17(2-3-19(18)22)33(30,31)27-8-10-32-11-9-27/h2-3,12-14,16H,4-11H2,1H3,(H,24,28). The zero-order chi connectivity index (χ0) is 23.6. The van der Waals surface area contributed by atoms with Gasteiger partial charge in [-0.15, -0.1) is 0 Å². The van der Waals surface area contributed by atoms with Crippen LogP contribution in [0.25, 0.3) is 0 Å². The zero-order valence-electron chi connectivity index (χ0n) is 18.2. The van der Waals surface area contributed by atoms with Gasteiger partial charge < -0.3 is 15.0 Å². The van der Waals surface area contributed by atoms with Crippen LogP contribution in [0.3, 0.4) is 0 Å². The topological polar surface area (TPSA) is 114 Å². The Bertz CT molecular complexity index is 1140.